The molecule has 0 aliphatic rings. The van der Waals surface area contributed by atoms with Gasteiger partial charge in [-0.25, -0.2) is 0 Å². The summed E-state index contributed by atoms with van der Waals surface area (Å²) in [7, 11) is 0. The maximum Gasteiger partial charge on any atom is 0.306 e. The Bertz CT molecular complexity index is 993. The highest BCUT2D eigenvalue weighted by atomic mass is 16.6. The van der Waals surface area contributed by atoms with Crippen LogP contribution in [0.15, 0.2) is 0 Å². The molecule has 0 rings (SSSR count). The van der Waals surface area contributed by atoms with E-state index in [-0.39, 0.29) is 31.1 Å². The maximum absolute atomic E-state index is 12.9. The van der Waals surface area contributed by atoms with Gasteiger partial charge in [-0.3, -0.25) is 14.4 Å². The van der Waals surface area contributed by atoms with E-state index in [1.54, 1.807) is 0 Å². The molecule has 0 saturated carbocycles. The zero-order chi connectivity index (χ0) is 47.5. The fourth-order valence-corrected chi connectivity index (χ4v) is 9.05. The van der Waals surface area contributed by atoms with E-state index in [9.17, 15) is 14.4 Å². The lowest BCUT2D eigenvalue weighted by atomic mass is 10.0. The molecule has 0 spiro atoms. The Labute approximate surface area is 406 Å². The second kappa shape index (κ2) is 51.8. The highest BCUT2D eigenvalue weighted by molar-refractivity contribution is 5.71. The average Bonchev–Trinajstić information content (AvgIpc) is 3.28. The number of rotatable bonds is 53. The topological polar surface area (TPSA) is 78.9 Å². The van der Waals surface area contributed by atoms with E-state index >= 15 is 0 Å². The molecule has 0 radical (unpaired) electrons. The number of hydrogen-bond acceptors (Lipinski definition) is 6. The normalized spacial score (nSPS) is 12.0. The van der Waals surface area contributed by atoms with Gasteiger partial charge in [0.1, 0.15) is 13.2 Å². The molecule has 0 bridgehead atoms. The average molecular weight is 920 g/mol. The molecule has 1 atom stereocenters. The van der Waals surface area contributed by atoms with Crippen molar-refractivity contribution >= 4 is 17.9 Å². The molecule has 0 heterocycles. The summed E-state index contributed by atoms with van der Waals surface area (Å²) in [6.07, 6.45) is 55.3. The Balaban J connectivity index is 4.27. The molecular weight excluding hydrogens is 805 g/mol. The second-order valence-electron chi connectivity index (χ2n) is 21.2. The largest absolute Gasteiger partial charge is 0.462 e. The van der Waals surface area contributed by atoms with Gasteiger partial charge in [0, 0.05) is 19.3 Å². The molecule has 65 heavy (non-hydrogen) atoms. The zero-order valence-corrected chi connectivity index (χ0v) is 44.6. The molecule has 0 unspecified atom stereocenters. The van der Waals surface area contributed by atoms with Crippen molar-refractivity contribution in [3.8, 4) is 0 Å². The summed E-state index contributed by atoms with van der Waals surface area (Å²) >= 11 is 0. The third kappa shape index (κ3) is 53.2. The van der Waals surface area contributed by atoms with Crippen LogP contribution in [-0.4, -0.2) is 37.2 Å². The molecule has 0 aliphatic carbocycles. The predicted octanol–water partition coefficient (Wildman–Crippen LogP) is 19.3. The first-order chi connectivity index (χ1) is 31.7. The first-order valence-corrected chi connectivity index (χ1v) is 29.2. The Morgan fingerprint density at radius 2 is 0.508 bits per heavy atom. The summed E-state index contributed by atoms with van der Waals surface area (Å²) in [6, 6.07) is 0. The monoisotopic (exact) mass is 919 g/mol. The van der Waals surface area contributed by atoms with E-state index in [1.807, 2.05) is 0 Å². The van der Waals surface area contributed by atoms with Crippen LogP contribution in [0.4, 0.5) is 0 Å². The van der Waals surface area contributed by atoms with Gasteiger partial charge in [-0.05, 0) is 31.1 Å². The molecular formula is C59H114O6. The summed E-state index contributed by atoms with van der Waals surface area (Å²) < 4.78 is 16.9. The summed E-state index contributed by atoms with van der Waals surface area (Å²) in [4.78, 5) is 38.1. The van der Waals surface area contributed by atoms with Gasteiger partial charge in [-0.2, -0.15) is 0 Å². The number of hydrogen-bond donors (Lipinski definition) is 0. The quantitative estimate of drug-likeness (QED) is 0.0344. The molecule has 0 aliphatic heterocycles. The second-order valence-corrected chi connectivity index (χ2v) is 21.2. The molecule has 6 nitrogen and oxygen atoms in total. The van der Waals surface area contributed by atoms with Gasteiger partial charge in [0.25, 0.3) is 0 Å². The minimum atomic E-state index is -0.763. The molecule has 6 heteroatoms. The fraction of sp³-hybridized carbons (Fsp3) is 0.949. The number of esters is 3. The van der Waals surface area contributed by atoms with Gasteiger partial charge >= 0.3 is 17.9 Å². The van der Waals surface area contributed by atoms with Gasteiger partial charge in [0.15, 0.2) is 6.10 Å². The van der Waals surface area contributed by atoms with Crippen molar-refractivity contribution in [2.45, 2.75) is 336 Å². The Morgan fingerprint density at radius 3 is 0.754 bits per heavy atom. The van der Waals surface area contributed by atoms with Crippen molar-refractivity contribution < 1.29 is 28.6 Å². The lowest BCUT2D eigenvalue weighted by molar-refractivity contribution is -0.167. The molecule has 0 saturated heterocycles. The summed E-state index contributed by atoms with van der Waals surface area (Å²) in [6.45, 7) is 11.4. The van der Waals surface area contributed by atoms with E-state index in [0.29, 0.717) is 19.3 Å². The van der Waals surface area contributed by atoms with E-state index in [1.165, 1.54) is 218 Å². The van der Waals surface area contributed by atoms with Crippen LogP contribution in [0.2, 0.25) is 0 Å². The SMILES string of the molecule is CCCCCCCCCCCCCCCCCCCCC(=O)OC[C@H](COC(=O)CCCCCCCCCCCC(C)C)OC(=O)CCCCCCCCCCCCCCCCC(C)C. The van der Waals surface area contributed by atoms with Crippen LogP contribution in [0, 0.1) is 11.8 Å². The number of carbonyl (C=O) groups is 3. The third-order valence-electron chi connectivity index (χ3n) is 13.5. The predicted molar refractivity (Wildman–Crippen MR) is 280 cm³/mol. The van der Waals surface area contributed by atoms with Gasteiger partial charge in [-0.15, -0.1) is 0 Å². The van der Waals surface area contributed by atoms with E-state index in [4.69, 9.17) is 14.2 Å². The molecule has 0 amide bonds. The van der Waals surface area contributed by atoms with Gasteiger partial charge in [0.05, 0.1) is 0 Å². The highest BCUT2D eigenvalue weighted by Crippen LogP contribution is 2.18. The molecule has 0 N–H and O–H groups in total. The maximum atomic E-state index is 12.9. The summed E-state index contributed by atoms with van der Waals surface area (Å²) in [5.74, 6) is 0.812. The van der Waals surface area contributed by atoms with Crippen LogP contribution >= 0.6 is 0 Å². The van der Waals surface area contributed by atoms with Gasteiger partial charge in [0.2, 0.25) is 0 Å². The molecule has 0 fully saturated rings. The lowest BCUT2D eigenvalue weighted by Gasteiger charge is -2.18. The van der Waals surface area contributed by atoms with Crippen LogP contribution in [0.1, 0.15) is 330 Å². The van der Waals surface area contributed by atoms with Crippen molar-refractivity contribution in [1.82, 2.24) is 0 Å². The summed E-state index contributed by atoms with van der Waals surface area (Å²) in [5, 5.41) is 0. The minimum Gasteiger partial charge on any atom is -0.462 e. The van der Waals surface area contributed by atoms with E-state index in [2.05, 4.69) is 34.6 Å². The number of ether oxygens (including phenoxy) is 3. The van der Waals surface area contributed by atoms with Crippen molar-refractivity contribution in [1.29, 1.82) is 0 Å². The Hall–Kier alpha value is -1.59. The molecule has 0 aromatic carbocycles. The molecule has 0 aromatic heterocycles. The van der Waals surface area contributed by atoms with E-state index < -0.39 is 6.10 Å². The van der Waals surface area contributed by atoms with Crippen LogP contribution in [0.25, 0.3) is 0 Å². The lowest BCUT2D eigenvalue weighted by Crippen LogP contribution is -2.30. The Kier molecular flexibility index (Phi) is 50.5. The first-order valence-electron chi connectivity index (χ1n) is 29.2. The Morgan fingerprint density at radius 1 is 0.292 bits per heavy atom. The number of unbranched alkanes of at least 4 members (excludes halogenated alkanes) is 38. The minimum absolute atomic E-state index is 0.0628. The van der Waals surface area contributed by atoms with Crippen LogP contribution in [0.5, 0.6) is 0 Å². The molecule has 0 aromatic rings. The van der Waals surface area contributed by atoms with Crippen molar-refractivity contribution in [3.05, 3.63) is 0 Å². The van der Waals surface area contributed by atoms with Crippen LogP contribution in [-0.2, 0) is 28.6 Å². The van der Waals surface area contributed by atoms with Gasteiger partial charge < -0.3 is 14.2 Å². The standard InChI is InChI=1S/C59H114O6/c1-6-7-8-9-10-11-12-13-14-15-16-17-21-24-29-34-39-44-49-57(60)63-52-56(53-64-58(61)50-45-40-35-31-26-28-33-38-43-48-55(4)5)65-59(62)51-46-41-36-30-25-22-19-18-20-23-27-32-37-42-47-54(2)3/h54-56H,6-53H2,1-5H3/t56-/m1/s1. The summed E-state index contributed by atoms with van der Waals surface area (Å²) in [5.41, 5.74) is 0. The third-order valence-corrected chi connectivity index (χ3v) is 13.5. The zero-order valence-electron chi connectivity index (χ0n) is 44.6. The fourth-order valence-electron chi connectivity index (χ4n) is 9.05. The van der Waals surface area contributed by atoms with E-state index in [0.717, 1.165) is 69.6 Å². The molecule has 386 valence electrons. The van der Waals surface area contributed by atoms with Crippen molar-refractivity contribution in [2.75, 3.05) is 13.2 Å². The number of carbonyl (C=O) groups excluding carboxylic acids is 3. The van der Waals surface area contributed by atoms with Gasteiger partial charge in [-0.1, -0.05) is 291 Å². The van der Waals surface area contributed by atoms with Crippen LogP contribution in [0.3, 0.4) is 0 Å². The van der Waals surface area contributed by atoms with Crippen LogP contribution < -0.4 is 0 Å². The first kappa shape index (κ1) is 63.4. The highest BCUT2D eigenvalue weighted by Gasteiger charge is 2.19. The smallest absolute Gasteiger partial charge is 0.306 e. The van der Waals surface area contributed by atoms with Crippen molar-refractivity contribution in [2.24, 2.45) is 11.8 Å². The van der Waals surface area contributed by atoms with Crippen molar-refractivity contribution in [3.63, 3.8) is 0 Å².